The molecule has 0 amide bonds. The van der Waals surface area contributed by atoms with Gasteiger partial charge in [-0.05, 0) is 41.6 Å². The zero-order valence-electron chi connectivity index (χ0n) is 15.3. The van der Waals surface area contributed by atoms with Crippen LogP contribution < -0.4 is 4.74 Å². The first kappa shape index (κ1) is 17.1. The van der Waals surface area contributed by atoms with E-state index in [1.807, 2.05) is 68.4 Å². The molecule has 1 heterocycles. The fourth-order valence-electron chi connectivity index (χ4n) is 3.57. The van der Waals surface area contributed by atoms with E-state index in [-0.39, 0.29) is 11.6 Å². The van der Waals surface area contributed by atoms with Crippen LogP contribution in [0.4, 0.5) is 5.69 Å². The smallest absolute Gasteiger partial charge is 0.222 e. The predicted molar refractivity (Wildman–Crippen MR) is 108 cm³/mol. The van der Waals surface area contributed by atoms with E-state index >= 15 is 0 Å². The van der Waals surface area contributed by atoms with E-state index in [2.05, 4.69) is 5.18 Å². The number of ether oxygens (including phenoxy) is 1. The highest BCUT2D eigenvalue weighted by molar-refractivity contribution is 5.97. The Labute approximate surface area is 156 Å². The van der Waals surface area contributed by atoms with E-state index in [1.165, 1.54) is 0 Å². The summed E-state index contributed by atoms with van der Waals surface area (Å²) in [6, 6.07) is 17.7. The molecule has 27 heavy (non-hydrogen) atoms. The number of aromatic nitrogens is 1. The van der Waals surface area contributed by atoms with E-state index in [4.69, 9.17) is 4.74 Å². The molecule has 5 nitrogen and oxygen atoms in total. The molecule has 1 N–H and O–H groups in total. The van der Waals surface area contributed by atoms with Gasteiger partial charge in [0, 0.05) is 10.8 Å². The normalized spacial score (nSPS) is 11.2. The zero-order chi connectivity index (χ0) is 19.0. The fraction of sp³-hybridized carbons (Fsp3) is 0.182. The van der Waals surface area contributed by atoms with Crippen molar-refractivity contribution in [2.24, 2.45) is 5.18 Å². The Bertz CT molecular complexity index is 1160. The monoisotopic (exact) mass is 360 g/mol. The minimum atomic E-state index is -0.116. The minimum Gasteiger partial charge on any atom is -0.493 e. The molecule has 0 saturated heterocycles. The molecule has 5 heteroatoms. The zero-order valence-corrected chi connectivity index (χ0v) is 15.3. The molecule has 0 atom stereocenters. The summed E-state index contributed by atoms with van der Waals surface area (Å²) in [7, 11) is 0. The molecule has 4 aromatic rings. The molecule has 0 aliphatic heterocycles. The second-order valence-corrected chi connectivity index (χ2v) is 6.64. The molecular formula is C22H20N2O3. The van der Waals surface area contributed by atoms with Crippen LogP contribution in [-0.2, 0) is 6.54 Å². The Morgan fingerprint density at radius 1 is 1.00 bits per heavy atom. The van der Waals surface area contributed by atoms with Gasteiger partial charge in [0.1, 0.15) is 12.4 Å². The number of rotatable bonds is 5. The molecule has 0 unspecified atom stereocenters. The van der Waals surface area contributed by atoms with Gasteiger partial charge < -0.3 is 14.4 Å². The molecule has 3 aromatic carbocycles. The maximum absolute atomic E-state index is 11.2. The lowest BCUT2D eigenvalue weighted by atomic mass is 10.1. The van der Waals surface area contributed by atoms with Gasteiger partial charge in [-0.3, -0.25) is 0 Å². The summed E-state index contributed by atoms with van der Waals surface area (Å²) < 4.78 is 7.71. The predicted octanol–water partition coefficient (Wildman–Crippen LogP) is 5.59. The Morgan fingerprint density at radius 2 is 1.78 bits per heavy atom. The molecule has 0 saturated carbocycles. The third-order valence-electron chi connectivity index (χ3n) is 5.11. The van der Waals surface area contributed by atoms with Gasteiger partial charge in [0.15, 0.2) is 5.69 Å². The highest BCUT2D eigenvalue weighted by Gasteiger charge is 2.19. The van der Waals surface area contributed by atoms with Crippen molar-refractivity contribution in [3.63, 3.8) is 0 Å². The van der Waals surface area contributed by atoms with Crippen LogP contribution in [0.5, 0.6) is 11.6 Å². The van der Waals surface area contributed by atoms with Gasteiger partial charge in [-0.25, -0.2) is 0 Å². The first-order chi connectivity index (χ1) is 13.1. The summed E-state index contributed by atoms with van der Waals surface area (Å²) in [6.45, 7) is 4.75. The lowest BCUT2D eigenvalue weighted by Crippen LogP contribution is -2.08. The number of aryl methyl sites for hydroxylation is 2. The van der Waals surface area contributed by atoms with Gasteiger partial charge in [0.25, 0.3) is 0 Å². The van der Waals surface area contributed by atoms with Crippen LogP contribution in [0.2, 0.25) is 0 Å². The van der Waals surface area contributed by atoms with Crippen molar-refractivity contribution >= 4 is 27.4 Å². The van der Waals surface area contributed by atoms with Crippen molar-refractivity contribution in [3.8, 4) is 11.6 Å². The van der Waals surface area contributed by atoms with Crippen LogP contribution in [0, 0.1) is 18.8 Å². The number of aromatic hydroxyl groups is 1. The van der Waals surface area contributed by atoms with Crippen molar-refractivity contribution in [2.75, 3.05) is 6.61 Å². The molecule has 4 rings (SSSR count). The molecule has 0 radical (unpaired) electrons. The molecule has 136 valence electrons. The SMILES string of the molecule is Cc1ccc2c(N=O)c(O)n(CCOc3cccc4ccccc34)c2c1C. The molecule has 0 aliphatic carbocycles. The fourth-order valence-corrected chi connectivity index (χ4v) is 3.57. The standard InChI is InChI=1S/C22H20N2O3/c1-14-10-11-18-20(23-26)22(25)24(21(18)15(14)2)12-13-27-19-9-5-7-16-6-3-4-8-17(16)19/h3-11,25H,12-13H2,1-2H3. The maximum Gasteiger partial charge on any atom is 0.222 e. The maximum atomic E-state index is 11.2. The van der Waals surface area contributed by atoms with Gasteiger partial charge in [-0.1, -0.05) is 48.5 Å². The first-order valence-electron chi connectivity index (χ1n) is 8.87. The topological polar surface area (TPSA) is 63.8 Å². The average Bonchev–Trinajstić information content (AvgIpc) is 2.96. The molecule has 0 spiro atoms. The van der Waals surface area contributed by atoms with Crippen LogP contribution in [0.15, 0.2) is 59.8 Å². The highest BCUT2D eigenvalue weighted by atomic mass is 16.5. The third kappa shape index (κ3) is 2.81. The number of hydrogen-bond donors (Lipinski definition) is 1. The summed E-state index contributed by atoms with van der Waals surface area (Å²) >= 11 is 0. The second-order valence-electron chi connectivity index (χ2n) is 6.64. The summed E-state index contributed by atoms with van der Waals surface area (Å²) in [5, 5.41) is 16.4. The van der Waals surface area contributed by atoms with Crippen molar-refractivity contribution in [2.45, 2.75) is 20.4 Å². The molecular weight excluding hydrogens is 340 g/mol. The number of nitrogens with zero attached hydrogens (tertiary/aromatic N) is 2. The van der Waals surface area contributed by atoms with Crippen LogP contribution in [0.25, 0.3) is 21.7 Å². The molecule has 0 bridgehead atoms. The quantitative estimate of drug-likeness (QED) is 0.472. The number of fused-ring (bicyclic) bond motifs is 2. The third-order valence-corrected chi connectivity index (χ3v) is 5.11. The van der Waals surface area contributed by atoms with E-state index < -0.39 is 0 Å². The Balaban J connectivity index is 1.67. The van der Waals surface area contributed by atoms with Gasteiger partial charge in [0.05, 0.1) is 12.1 Å². The van der Waals surface area contributed by atoms with Crippen molar-refractivity contribution in [1.82, 2.24) is 4.57 Å². The van der Waals surface area contributed by atoms with Crippen LogP contribution in [0.3, 0.4) is 0 Å². The summed E-state index contributed by atoms with van der Waals surface area (Å²) in [5.41, 5.74) is 3.01. The number of hydrogen-bond acceptors (Lipinski definition) is 4. The van der Waals surface area contributed by atoms with E-state index in [9.17, 15) is 10.0 Å². The molecule has 0 fully saturated rings. The van der Waals surface area contributed by atoms with Crippen molar-refractivity contribution < 1.29 is 9.84 Å². The van der Waals surface area contributed by atoms with Crippen molar-refractivity contribution in [3.05, 3.63) is 70.6 Å². The van der Waals surface area contributed by atoms with Crippen LogP contribution >= 0.6 is 0 Å². The summed E-state index contributed by atoms with van der Waals surface area (Å²) in [4.78, 5) is 11.2. The first-order valence-corrected chi connectivity index (χ1v) is 8.87. The largest absolute Gasteiger partial charge is 0.493 e. The van der Waals surface area contributed by atoms with E-state index in [1.54, 1.807) is 4.57 Å². The average molecular weight is 360 g/mol. The second kappa shape index (κ2) is 6.76. The molecule has 0 aliphatic rings. The Morgan fingerprint density at radius 3 is 2.59 bits per heavy atom. The van der Waals surface area contributed by atoms with Gasteiger partial charge >= 0.3 is 0 Å². The minimum absolute atomic E-state index is 0.0817. The Hall–Kier alpha value is -3.34. The lowest BCUT2D eigenvalue weighted by Gasteiger charge is -2.12. The summed E-state index contributed by atoms with van der Waals surface area (Å²) in [6.07, 6.45) is 0. The van der Waals surface area contributed by atoms with Gasteiger partial charge in [0.2, 0.25) is 5.88 Å². The molecule has 1 aromatic heterocycles. The van der Waals surface area contributed by atoms with Crippen LogP contribution in [0.1, 0.15) is 11.1 Å². The highest BCUT2D eigenvalue weighted by Crippen LogP contribution is 2.40. The number of benzene rings is 3. The Kier molecular flexibility index (Phi) is 4.28. The lowest BCUT2D eigenvalue weighted by molar-refractivity contribution is 0.293. The van der Waals surface area contributed by atoms with E-state index in [0.717, 1.165) is 33.2 Å². The summed E-state index contributed by atoms with van der Waals surface area (Å²) in [5.74, 6) is 0.681. The van der Waals surface area contributed by atoms with E-state index in [0.29, 0.717) is 18.5 Å². The van der Waals surface area contributed by atoms with Crippen LogP contribution in [-0.4, -0.2) is 16.3 Å². The van der Waals surface area contributed by atoms with Crippen molar-refractivity contribution in [1.29, 1.82) is 0 Å². The van der Waals surface area contributed by atoms with Gasteiger partial charge in [-0.2, -0.15) is 0 Å². The van der Waals surface area contributed by atoms with Gasteiger partial charge in [-0.15, -0.1) is 4.91 Å². The number of nitroso groups, excluding NO2 is 1.